The molecule has 0 aromatic heterocycles. The SMILES string of the molecule is C=C(C/C(C)=C\C=C\c1ccccc1)C(=O)OCC. The van der Waals surface area contributed by atoms with Crippen LogP contribution in [-0.4, -0.2) is 12.6 Å². The molecule has 0 saturated heterocycles. The van der Waals surface area contributed by atoms with Gasteiger partial charge < -0.3 is 4.74 Å². The lowest BCUT2D eigenvalue weighted by Crippen LogP contribution is -2.06. The van der Waals surface area contributed by atoms with E-state index in [4.69, 9.17) is 4.74 Å². The molecule has 0 aliphatic heterocycles. The van der Waals surface area contributed by atoms with Crippen LogP contribution >= 0.6 is 0 Å². The monoisotopic (exact) mass is 256 g/mol. The van der Waals surface area contributed by atoms with Crippen molar-refractivity contribution < 1.29 is 9.53 Å². The van der Waals surface area contributed by atoms with Gasteiger partial charge >= 0.3 is 5.97 Å². The molecule has 1 aromatic carbocycles. The Morgan fingerprint density at radius 2 is 2.00 bits per heavy atom. The molecule has 0 unspecified atom stereocenters. The van der Waals surface area contributed by atoms with Crippen LogP contribution in [-0.2, 0) is 9.53 Å². The summed E-state index contributed by atoms with van der Waals surface area (Å²) in [7, 11) is 0. The van der Waals surface area contributed by atoms with E-state index in [0.29, 0.717) is 18.6 Å². The number of allylic oxidation sites excluding steroid dienone is 3. The third-order valence-electron chi connectivity index (χ3n) is 2.53. The third-order valence-corrected chi connectivity index (χ3v) is 2.53. The molecule has 100 valence electrons. The van der Waals surface area contributed by atoms with E-state index < -0.39 is 0 Å². The first-order chi connectivity index (χ1) is 9.13. The van der Waals surface area contributed by atoms with Crippen molar-refractivity contribution in [1.29, 1.82) is 0 Å². The lowest BCUT2D eigenvalue weighted by molar-refractivity contribution is -0.138. The molecular formula is C17H20O2. The third kappa shape index (κ3) is 5.87. The minimum atomic E-state index is -0.317. The largest absolute Gasteiger partial charge is 0.463 e. The van der Waals surface area contributed by atoms with Crippen molar-refractivity contribution in [2.24, 2.45) is 0 Å². The molecular weight excluding hydrogens is 236 g/mol. The van der Waals surface area contributed by atoms with E-state index in [-0.39, 0.29) is 5.97 Å². The fourth-order valence-electron chi connectivity index (χ4n) is 1.59. The zero-order valence-electron chi connectivity index (χ0n) is 11.6. The van der Waals surface area contributed by atoms with Crippen LogP contribution in [0.25, 0.3) is 6.08 Å². The van der Waals surface area contributed by atoms with Crippen LogP contribution in [0.5, 0.6) is 0 Å². The first kappa shape index (κ1) is 15.0. The summed E-state index contributed by atoms with van der Waals surface area (Å²) < 4.78 is 4.89. The van der Waals surface area contributed by atoms with Crippen molar-refractivity contribution in [1.82, 2.24) is 0 Å². The summed E-state index contributed by atoms with van der Waals surface area (Å²) in [4.78, 5) is 11.4. The second-order valence-electron chi connectivity index (χ2n) is 4.28. The van der Waals surface area contributed by atoms with Gasteiger partial charge in [0.25, 0.3) is 0 Å². The minimum absolute atomic E-state index is 0.317. The van der Waals surface area contributed by atoms with Gasteiger partial charge in [-0.1, -0.05) is 60.7 Å². The maximum atomic E-state index is 11.4. The Kier molecular flexibility index (Phi) is 6.37. The first-order valence-electron chi connectivity index (χ1n) is 6.37. The summed E-state index contributed by atoms with van der Waals surface area (Å²) in [5.74, 6) is -0.317. The second-order valence-corrected chi connectivity index (χ2v) is 4.28. The highest BCUT2D eigenvalue weighted by Gasteiger charge is 2.07. The lowest BCUT2D eigenvalue weighted by atomic mass is 10.1. The molecule has 0 fully saturated rings. The highest BCUT2D eigenvalue weighted by molar-refractivity contribution is 5.88. The molecule has 2 heteroatoms. The molecule has 0 atom stereocenters. The average Bonchev–Trinajstić information content (AvgIpc) is 2.40. The predicted molar refractivity (Wildman–Crippen MR) is 79.6 cm³/mol. The Labute approximate surface area is 115 Å². The second kappa shape index (κ2) is 8.09. The van der Waals surface area contributed by atoms with E-state index in [9.17, 15) is 4.79 Å². The van der Waals surface area contributed by atoms with Gasteiger partial charge in [-0.25, -0.2) is 4.79 Å². The topological polar surface area (TPSA) is 26.3 Å². The highest BCUT2D eigenvalue weighted by atomic mass is 16.5. The number of esters is 1. The minimum Gasteiger partial charge on any atom is -0.463 e. The van der Waals surface area contributed by atoms with Crippen molar-refractivity contribution in [3.63, 3.8) is 0 Å². The smallest absolute Gasteiger partial charge is 0.333 e. The Morgan fingerprint density at radius 3 is 2.63 bits per heavy atom. The maximum absolute atomic E-state index is 11.4. The van der Waals surface area contributed by atoms with E-state index in [1.807, 2.05) is 55.5 Å². The van der Waals surface area contributed by atoms with Crippen molar-refractivity contribution >= 4 is 12.0 Å². The van der Waals surface area contributed by atoms with Crippen LogP contribution in [0.2, 0.25) is 0 Å². The zero-order chi connectivity index (χ0) is 14.1. The number of hydrogen-bond donors (Lipinski definition) is 0. The zero-order valence-corrected chi connectivity index (χ0v) is 11.6. The lowest BCUT2D eigenvalue weighted by Gasteiger charge is -2.04. The van der Waals surface area contributed by atoms with E-state index in [1.165, 1.54) is 0 Å². The summed E-state index contributed by atoms with van der Waals surface area (Å²) in [6.07, 6.45) is 6.52. The van der Waals surface area contributed by atoms with Crippen molar-refractivity contribution in [3.8, 4) is 0 Å². The van der Waals surface area contributed by atoms with Crippen LogP contribution in [0, 0.1) is 0 Å². The molecule has 0 aliphatic rings. The van der Waals surface area contributed by atoms with Gasteiger partial charge in [-0.2, -0.15) is 0 Å². The summed E-state index contributed by atoms with van der Waals surface area (Å²) in [6, 6.07) is 10.1. The number of ether oxygens (including phenoxy) is 1. The molecule has 0 amide bonds. The molecule has 2 nitrogen and oxygen atoms in total. The Morgan fingerprint density at radius 1 is 1.32 bits per heavy atom. The number of benzene rings is 1. The van der Waals surface area contributed by atoms with Crippen LogP contribution in [0.15, 0.2) is 60.2 Å². The van der Waals surface area contributed by atoms with E-state index in [0.717, 1.165) is 11.1 Å². The number of carbonyl (C=O) groups is 1. The molecule has 0 bridgehead atoms. The van der Waals surface area contributed by atoms with Gasteiger partial charge in [-0.3, -0.25) is 0 Å². The normalized spacial score (nSPS) is 11.6. The number of carbonyl (C=O) groups excluding carboxylic acids is 1. The molecule has 0 radical (unpaired) electrons. The number of rotatable bonds is 6. The predicted octanol–water partition coefficient (Wildman–Crippen LogP) is 4.16. The Bertz CT molecular complexity index is 481. The average molecular weight is 256 g/mol. The molecule has 1 rings (SSSR count). The molecule has 0 heterocycles. The quantitative estimate of drug-likeness (QED) is 0.434. The Balaban J connectivity index is 2.51. The van der Waals surface area contributed by atoms with E-state index >= 15 is 0 Å². The van der Waals surface area contributed by atoms with Gasteiger partial charge in [0.15, 0.2) is 0 Å². The van der Waals surface area contributed by atoms with Crippen molar-refractivity contribution in [3.05, 3.63) is 65.8 Å². The molecule has 19 heavy (non-hydrogen) atoms. The molecule has 1 aromatic rings. The molecule has 0 N–H and O–H groups in total. The first-order valence-corrected chi connectivity index (χ1v) is 6.37. The number of hydrogen-bond acceptors (Lipinski definition) is 2. The standard InChI is InChI=1S/C17H20O2/c1-4-19-17(18)15(3)13-14(2)9-8-12-16-10-6-5-7-11-16/h5-12H,3-4,13H2,1-2H3/b12-8+,14-9-. The Hall–Kier alpha value is -2.09. The van der Waals surface area contributed by atoms with Gasteiger partial charge in [-0.05, 0) is 25.8 Å². The van der Waals surface area contributed by atoms with Crippen LogP contribution in [0.4, 0.5) is 0 Å². The maximum Gasteiger partial charge on any atom is 0.333 e. The van der Waals surface area contributed by atoms with Gasteiger partial charge in [0.1, 0.15) is 0 Å². The van der Waals surface area contributed by atoms with Crippen molar-refractivity contribution in [2.75, 3.05) is 6.61 Å². The van der Waals surface area contributed by atoms with Gasteiger partial charge in [0.2, 0.25) is 0 Å². The van der Waals surface area contributed by atoms with Crippen LogP contribution in [0.3, 0.4) is 0 Å². The highest BCUT2D eigenvalue weighted by Crippen LogP contribution is 2.11. The van der Waals surface area contributed by atoms with Crippen molar-refractivity contribution in [2.45, 2.75) is 20.3 Å². The van der Waals surface area contributed by atoms with Gasteiger partial charge in [0, 0.05) is 5.57 Å². The molecule has 0 spiro atoms. The van der Waals surface area contributed by atoms with Gasteiger partial charge in [-0.15, -0.1) is 0 Å². The molecule has 0 aliphatic carbocycles. The van der Waals surface area contributed by atoms with E-state index in [2.05, 4.69) is 6.58 Å². The van der Waals surface area contributed by atoms with Crippen LogP contribution in [0.1, 0.15) is 25.8 Å². The van der Waals surface area contributed by atoms with Crippen LogP contribution < -0.4 is 0 Å². The summed E-state index contributed by atoms with van der Waals surface area (Å²) >= 11 is 0. The fourth-order valence-corrected chi connectivity index (χ4v) is 1.59. The van der Waals surface area contributed by atoms with E-state index in [1.54, 1.807) is 6.92 Å². The fraction of sp³-hybridized carbons (Fsp3) is 0.235. The van der Waals surface area contributed by atoms with Gasteiger partial charge in [0.05, 0.1) is 6.61 Å². The summed E-state index contributed by atoms with van der Waals surface area (Å²) in [6.45, 7) is 7.88. The summed E-state index contributed by atoms with van der Waals surface area (Å²) in [5.41, 5.74) is 2.71. The molecule has 0 saturated carbocycles. The summed E-state index contributed by atoms with van der Waals surface area (Å²) in [5, 5.41) is 0.